The molecular weight excluding hydrogens is 360 g/mol. The van der Waals surface area contributed by atoms with E-state index in [-0.39, 0.29) is 18.2 Å². The predicted octanol–water partition coefficient (Wildman–Crippen LogP) is 7.29. The van der Waals surface area contributed by atoms with Crippen LogP contribution in [0.5, 0.6) is 0 Å². The summed E-state index contributed by atoms with van der Waals surface area (Å²) >= 11 is 0. The summed E-state index contributed by atoms with van der Waals surface area (Å²) in [4.78, 5) is 12.5. The maximum absolute atomic E-state index is 12.5. The molecule has 1 aromatic rings. The van der Waals surface area contributed by atoms with Crippen LogP contribution in [0, 0.1) is 5.92 Å². The highest BCUT2D eigenvalue weighted by molar-refractivity contribution is 5.89. The molecule has 2 unspecified atom stereocenters. The first-order chi connectivity index (χ1) is 14.0. The van der Waals surface area contributed by atoms with Crippen LogP contribution in [0.1, 0.15) is 114 Å². The van der Waals surface area contributed by atoms with Gasteiger partial charge in [-0.05, 0) is 75.5 Å². The fraction of sp³-hybridized carbons (Fsp3) is 0.731. The van der Waals surface area contributed by atoms with Gasteiger partial charge in [0.25, 0.3) is 0 Å². The monoisotopic (exact) mass is 402 g/mol. The Morgan fingerprint density at radius 1 is 0.931 bits per heavy atom. The number of hydrogen-bond acceptors (Lipinski definition) is 3. The SMILES string of the molecule is CCCCC[C@H]1CC[C@H](c2ccc(C(=O)OC(C)C(C)OCCCC)cc2)CC1. The van der Waals surface area contributed by atoms with Crippen molar-refractivity contribution in [1.82, 2.24) is 0 Å². The molecule has 0 amide bonds. The topological polar surface area (TPSA) is 35.5 Å². The van der Waals surface area contributed by atoms with Crippen molar-refractivity contribution in [1.29, 1.82) is 0 Å². The minimum atomic E-state index is -0.255. The van der Waals surface area contributed by atoms with Crippen LogP contribution in [0.15, 0.2) is 24.3 Å². The zero-order chi connectivity index (χ0) is 21.1. The summed E-state index contributed by atoms with van der Waals surface area (Å²) in [5.74, 6) is 1.32. The second-order valence-electron chi connectivity index (χ2n) is 8.88. The van der Waals surface area contributed by atoms with Gasteiger partial charge in [0, 0.05) is 6.61 Å². The van der Waals surface area contributed by atoms with Gasteiger partial charge in [0.15, 0.2) is 0 Å². The number of unbranched alkanes of at least 4 members (excludes halogenated alkanes) is 3. The molecule has 1 aromatic carbocycles. The van der Waals surface area contributed by atoms with Crippen LogP contribution >= 0.6 is 0 Å². The Balaban J connectivity index is 1.78. The molecule has 29 heavy (non-hydrogen) atoms. The van der Waals surface area contributed by atoms with Crippen LogP contribution in [0.4, 0.5) is 0 Å². The van der Waals surface area contributed by atoms with Crippen molar-refractivity contribution in [3.63, 3.8) is 0 Å². The minimum absolute atomic E-state index is 0.0858. The molecule has 1 saturated carbocycles. The fourth-order valence-corrected chi connectivity index (χ4v) is 4.24. The van der Waals surface area contributed by atoms with E-state index in [9.17, 15) is 4.79 Å². The molecule has 0 heterocycles. The van der Waals surface area contributed by atoms with Gasteiger partial charge in [-0.1, -0.05) is 58.1 Å². The lowest BCUT2D eigenvalue weighted by Crippen LogP contribution is -2.29. The van der Waals surface area contributed by atoms with Crippen molar-refractivity contribution in [2.24, 2.45) is 5.92 Å². The highest BCUT2D eigenvalue weighted by atomic mass is 16.6. The number of hydrogen-bond donors (Lipinski definition) is 0. The Labute approximate surface area is 178 Å². The Morgan fingerprint density at radius 2 is 1.59 bits per heavy atom. The predicted molar refractivity (Wildman–Crippen MR) is 120 cm³/mol. The third-order valence-corrected chi connectivity index (χ3v) is 6.51. The first kappa shape index (κ1) is 23.9. The van der Waals surface area contributed by atoms with Crippen molar-refractivity contribution in [2.75, 3.05) is 6.61 Å². The number of benzene rings is 1. The molecule has 3 heteroatoms. The molecule has 1 fully saturated rings. The average molecular weight is 403 g/mol. The van der Waals surface area contributed by atoms with E-state index in [0.717, 1.165) is 25.4 Å². The summed E-state index contributed by atoms with van der Waals surface area (Å²) < 4.78 is 11.4. The Morgan fingerprint density at radius 3 is 2.21 bits per heavy atom. The summed E-state index contributed by atoms with van der Waals surface area (Å²) in [6.45, 7) is 9.01. The van der Waals surface area contributed by atoms with Crippen molar-refractivity contribution in [2.45, 2.75) is 110 Å². The summed E-state index contributed by atoms with van der Waals surface area (Å²) in [5, 5.41) is 0. The van der Waals surface area contributed by atoms with Gasteiger partial charge in [-0.3, -0.25) is 0 Å². The van der Waals surface area contributed by atoms with E-state index in [4.69, 9.17) is 9.47 Å². The quantitative estimate of drug-likeness (QED) is 0.272. The number of esters is 1. The molecule has 0 saturated heterocycles. The Hall–Kier alpha value is -1.35. The van der Waals surface area contributed by atoms with E-state index in [1.807, 2.05) is 26.0 Å². The largest absolute Gasteiger partial charge is 0.456 e. The first-order valence-electron chi connectivity index (χ1n) is 12.0. The normalized spacial score (nSPS) is 21.5. The van der Waals surface area contributed by atoms with Crippen molar-refractivity contribution in [3.05, 3.63) is 35.4 Å². The van der Waals surface area contributed by atoms with E-state index in [2.05, 4.69) is 26.0 Å². The van der Waals surface area contributed by atoms with E-state index < -0.39 is 0 Å². The average Bonchev–Trinajstić information content (AvgIpc) is 2.74. The molecule has 0 aromatic heterocycles. The number of ether oxygens (including phenoxy) is 2. The number of carbonyl (C=O) groups excluding carboxylic acids is 1. The second kappa shape index (κ2) is 13.1. The third-order valence-electron chi connectivity index (χ3n) is 6.51. The van der Waals surface area contributed by atoms with Gasteiger partial charge >= 0.3 is 5.97 Å². The second-order valence-corrected chi connectivity index (χ2v) is 8.88. The van der Waals surface area contributed by atoms with Crippen molar-refractivity contribution >= 4 is 5.97 Å². The van der Waals surface area contributed by atoms with Gasteiger partial charge in [-0.15, -0.1) is 0 Å². The van der Waals surface area contributed by atoms with Crippen LogP contribution in [-0.2, 0) is 9.47 Å². The summed E-state index contributed by atoms with van der Waals surface area (Å²) in [6, 6.07) is 8.12. The standard InChI is InChI=1S/C26H42O3/c1-5-7-9-10-22-11-13-23(14-12-22)24-15-17-25(18-16-24)26(27)29-21(4)20(3)28-19-8-6-2/h15-18,20-23H,5-14,19H2,1-4H3/t20?,21?,22-,23-. The van der Waals surface area contributed by atoms with E-state index in [1.54, 1.807) is 0 Å². The molecule has 164 valence electrons. The highest BCUT2D eigenvalue weighted by Gasteiger charge is 2.23. The van der Waals surface area contributed by atoms with Crippen LogP contribution in [0.25, 0.3) is 0 Å². The van der Waals surface area contributed by atoms with Crippen molar-refractivity contribution in [3.8, 4) is 0 Å². The lowest BCUT2D eigenvalue weighted by atomic mass is 9.77. The third kappa shape index (κ3) is 8.12. The van der Waals surface area contributed by atoms with Crippen molar-refractivity contribution < 1.29 is 14.3 Å². The van der Waals surface area contributed by atoms with Gasteiger partial charge in [-0.25, -0.2) is 4.79 Å². The smallest absolute Gasteiger partial charge is 0.338 e. The number of rotatable bonds is 12. The fourth-order valence-electron chi connectivity index (χ4n) is 4.24. The summed E-state index contributed by atoms with van der Waals surface area (Å²) in [6.07, 6.45) is 12.6. The lowest BCUT2D eigenvalue weighted by Gasteiger charge is -2.29. The molecular formula is C26H42O3. The van der Waals surface area contributed by atoms with E-state index >= 15 is 0 Å². The molecule has 0 bridgehead atoms. The minimum Gasteiger partial charge on any atom is -0.456 e. The van der Waals surface area contributed by atoms with Crippen LogP contribution in [0.3, 0.4) is 0 Å². The molecule has 1 aliphatic carbocycles. The molecule has 0 aliphatic heterocycles. The molecule has 0 radical (unpaired) electrons. The number of carbonyl (C=O) groups is 1. The summed E-state index contributed by atoms with van der Waals surface area (Å²) in [7, 11) is 0. The van der Waals surface area contributed by atoms with E-state index in [1.165, 1.54) is 56.9 Å². The van der Waals surface area contributed by atoms with Gasteiger partial charge in [-0.2, -0.15) is 0 Å². The maximum atomic E-state index is 12.5. The summed E-state index contributed by atoms with van der Waals surface area (Å²) in [5.41, 5.74) is 2.01. The van der Waals surface area contributed by atoms with Gasteiger partial charge < -0.3 is 9.47 Å². The molecule has 1 aliphatic rings. The zero-order valence-corrected chi connectivity index (χ0v) is 19.1. The molecule has 2 atom stereocenters. The van der Waals surface area contributed by atoms with Crippen LogP contribution < -0.4 is 0 Å². The molecule has 0 N–H and O–H groups in total. The van der Waals surface area contributed by atoms with Gasteiger partial charge in [0.2, 0.25) is 0 Å². The van der Waals surface area contributed by atoms with Gasteiger partial charge in [0.1, 0.15) is 6.10 Å². The van der Waals surface area contributed by atoms with Crippen LogP contribution in [0.2, 0.25) is 0 Å². The Kier molecular flexibility index (Phi) is 10.8. The maximum Gasteiger partial charge on any atom is 0.338 e. The molecule has 2 rings (SSSR count). The molecule has 0 spiro atoms. The first-order valence-corrected chi connectivity index (χ1v) is 12.0. The lowest BCUT2D eigenvalue weighted by molar-refractivity contribution is -0.0384. The highest BCUT2D eigenvalue weighted by Crippen LogP contribution is 2.37. The van der Waals surface area contributed by atoms with Gasteiger partial charge in [0.05, 0.1) is 11.7 Å². The van der Waals surface area contributed by atoms with Crippen LogP contribution in [-0.4, -0.2) is 24.8 Å². The molecule has 3 nitrogen and oxygen atoms in total. The zero-order valence-electron chi connectivity index (χ0n) is 19.1. The van der Waals surface area contributed by atoms with E-state index in [0.29, 0.717) is 11.5 Å². The Bertz CT molecular complexity index is 572.